The third kappa shape index (κ3) is 10.7. The lowest BCUT2D eigenvalue weighted by molar-refractivity contribution is -0.141. The van der Waals surface area contributed by atoms with Crippen LogP contribution in [0.1, 0.15) is 19.3 Å². The van der Waals surface area contributed by atoms with Crippen LogP contribution in [0.5, 0.6) is 0 Å². The fraction of sp³-hybridized carbons (Fsp3) is 0.688. The number of primary amides is 1. The van der Waals surface area contributed by atoms with Gasteiger partial charge >= 0.3 is 5.97 Å². The van der Waals surface area contributed by atoms with Gasteiger partial charge in [-0.25, -0.2) is 4.79 Å². The molecule has 4 unspecified atom stereocenters. The molecule has 0 heterocycles. The molecule has 0 aromatic carbocycles. The van der Waals surface area contributed by atoms with E-state index < -0.39 is 60.4 Å². The zero-order valence-electron chi connectivity index (χ0n) is 16.5. The number of carboxylic acids is 1. The molecule has 0 radical (unpaired) electrons. The second kappa shape index (κ2) is 14.9. The Morgan fingerprint density at radius 1 is 0.967 bits per heavy atom. The summed E-state index contributed by atoms with van der Waals surface area (Å²) in [5.74, 6) is -4.00. The first kappa shape index (κ1) is 28.0. The number of aliphatic hydroxyl groups is 1. The Balaban J connectivity index is 5.36. The van der Waals surface area contributed by atoms with Gasteiger partial charge in [0.05, 0.1) is 6.61 Å². The Labute approximate surface area is 183 Å². The molecular weight excluding hydrogens is 438 g/mol. The number of carbonyl (C=O) groups excluding carboxylic acids is 4. The summed E-state index contributed by atoms with van der Waals surface area (Å²) in [5.41, 5.74) is 10.5. The SMILES string of the molecule is CSCCC(NC(=O)C(CCC(N)=O)NC(=O)C(N)CO)C(=O)NC(CS)C(=O)O. The van der Waals surface area contributed by atoms with E-state index in [2.05, 4.69) is 28.6 Å². The summed E-state index contributed by atoms with van der Waals surface area (Å²) in [4.78, 5) is 59.3. The number of aliphatic hydroxyl groups excluding tert-OH is 1. The van der Waals surface area contributed by atoms with E-state index in [0.29, 0.717) is 5.75 Å². The van der Waals surface area contributed by atoms with E-state index in [1.165, 1.54) is 11.8 Å². The molecule has 9 N–H and O–H groups in total. The Morgan fingerprint density at radius 2 is 1.47 bits per heavy atom. The summed E-state index contributed by atoms with van der Waals surface area (Å²) >= 11 is 5.28. The molecule has 12 nitrogen and oxygen atoms in total. The van der Waals surface area contributed by atoms with E-state index in [1.54, 1.807) is 6.26 Å². The van der Waals surface area contributed by atoms with Crippen molar-refractivity contribution in [2.45, 2.75) is 43.4 Å². The molecule has 0 spiro atoms. The van der Waals surface area contributed by atoms with Crippen LogP contribution in [-0.2, 0) is 24.0 Å². The quantitative estimate of drug-likeness (QED) is 0.114. The topological polar surface area (TPSA) is 214 Å². The first-order valence-corrected chi connectivity index (χ1v) is 11.0. The number of nitrogens with two attached hydrogens (primary N) is 2. The van der Waals surface area contributed by atoms with Gasteiger partial charge in [0.1, 0.15) is 24.2 Å². The van der Waals surface area contributed by atoms with Crippen molar-refractivity contribution in [3.8, 4) is 0 Å². The third-order valence-corrected chi connectivity index (χ3v) is 4.90. The summed E-state index contributed by atoms with van der Waals surface area (Å²) in [6, 6.07) is -4.86. The summed E-state index contributed by atoms with van der Waals surface area (Å²) in [6.45, 7) is -0.658. The molecule has 0 aliphatic rings. The monoisotopic (exact) mass is 467 g/mol. The highest BCUT2D eigenvalue weighted by Crippen LogP contribution is 2.05. The number of amides is 4. The van der Waals surface area contributed by atoms with Crippen molar-refractivity contribution in [1.29, 1.82) is 0 Å². The lowest BCUT2D eigenvalue weighted by atomic mass is 10.1. The number of hydrogen-bond acceptors (Lipinski definition) is 9. The van der Waals surface area contributed by atoms with Crippen molar-refractivity contribution in [2.75, 3.05) is 24.4 Å². The molecule has 0 bridgehead atoms. The molecule has 172 valence electrons. The number of rotatable bonds is 15. The summed E-state index contributed by atoms with van der Waals surface area (Å²) < 4.78 is 0. The van der Waals surface area contributed by atoms with Crippen LogP contribution in [-0.4, -0.2) is 88.3 Å². The number of nitrogens with one attached hydrogen (secondary N) is 3. The zero-order chi connectivity index (χ0) is 23.3. The molecule has 0 aromatic rings. The molecule has 14 heteroatoms. The van der Waals surface area contributed by atoms with E-state index in [0.717, 1.165) is 0 Å². The second-order valence-corrected chi connectivity index (χ2v) is 7.63. The van der Waals surface area contributed by atoms with Crippen molar-refractivity contribution in [3.63, 3.8) is 0 Å². The van der Waals surface area contributed by atoms with Crippen LogP contribution >= 0.6 is 24.4 Å². The molecule has 30 heavy (non-hydrogen) atoms. The van der Waals surface area contributed by atoms with E-state index >= 15 is 0 Å². The first-order valence-electron chi connectivity index (χ1n) is 8.95. The minimum atomic E-state index is -1.28. The van der Waals surface area contributed by atoms with Crippen molar-refractivity contribution in [3.05, 3.63) is 0 Å². The highest BCUT2D eigenvalue weighted by molar-refractivity contribution is 7.98. The van der Waals surface area contributed by atoms with Gasteiger partial charge in [0.2, 0.25) is 23.6 Å². The molecule has 0 aliphatic heterocycles. The lowest BCUT2D eigenvalue weighted by Gasteiger charge is -2.24. The van der Waals surface area contributed by atoms with Crippen molar-refractivity contribution in [2.24, 2.45) is 11.5 Å². The minimum absolute atomic E-state index is 0.152. The molecule has 0 saturated carbocycles. The van der Waals surface area contributed by atoms with Crippen molar-refractivity contribution in [1.82, 2.24) is 16.0 Å². The molecule has 0 rings (SSSR count). The minimum Gasteiger partial charge on any atom is -0.480 e. The average Bonchev–Trinajstić information content (AvgIpc) is 2.70. The van der Waals surface area contributed by atoms with E-state index in [4.69, 9.17) is 21.7 Å². The molecular formula is C16H29N5O7S2. The number of thioether (sulfide) groups is 1. The van der Waals surface area contributed by atoms with Crippen LogP contribution in [0, 0.1) is 0 Å². The number of carboxylic acid groups (broad SMARTS) is 1. The predicted octanol–water partition coefficient (Wildman–Crippen LogP) is -3.21. The maximum atomic E-state index is 12.7. The van der Waals surface area contributed by atoms with Crippen molar-refractivity contribution < 1.29 is 34.2 Å². The molecule has 4 amide bonds. The predicted molar refractivity (Wildman–Crippen MR) is 114 cm³/mol. The van der Waals surface area contributed by atoms with Gasteiger partial charge in [-0.05, 0) is 24.9 Å². The summed E-state index contributed by atoms with van der Waals surface area (Å²) in [5, 5.41) is 25.1. The van der Waals surface area contributed by atoms with Crippen LogP contribution < -0.4 is 27.4 Å². The Morgan fingerprint density at radius 3 is 1.90 bits per heavy atom. The fourth-order valence-electron chi connectivity index (χ4n) is 2.15. The van der Waals surface area contributed by atoms with Crippen LogP contribution in [0.25, 0.3) is 0 Å². The molecule has 0 aromatic heterocycles. The van der Waals surface area contributed by atoms with E-state index in [9.17, 15) is 24.0 Å². The summed E-state index contributed by atoms with van der Waals surface area (Å²) in [6.07, 6.45) is 1.59. The van der Waals surface area contributed by atoms with Gasteiger partial charge in [-0.2, -0.15) is 24.4 Å². The normalized spacial score (nSPS) is 14.7. The Kier molecular flexibility index (Phi) is 13.9. The Hall–Kier alpha value is -2.03. The van der Waals surface area contributed by atoms with Gasteiger partial charge < -0.3 is 37.6 Å². The van der Waals surface area contributed by atoms with Crippen LogP contribution in [0.4, 0.5) is 0 Å². The van der Waals surface area contributed by atoms with Crippen LogP contribution in [0.2, 0.25) is 0 Å². The molecule has 0 fully saturated rings. The smallest absolute Gasteiger partial charge is 0.327 e. The van der Waals surface area contributed by atoms with Gasteiger partial charge in [-0.3, -0.25) is 19.2 Å². The van der Waals surface area contributed by atoms with E-state index in [-0.39, 0.29) is 25.0 Å². The standard InChI is InChI=1S/C16H29N5O7S2/c1-30-5-4-10(15(26)21-11(7-29)16(27)28)20-14(25)9(2-3-12(18)23)19-13(24)8(17)6-22/h8-11,22,29H,2-7,17H2,1H3,(H2,18,23)(H,19,24)(H,20,25)(H,21,26)(H,27,28). The van der Waals surface area contributed by atoms with Gasteiger partial charge in [0.15, 0.2) is 0 Å². The van der Waals surface area contributed by atoms with E-state index in [1.807, 2.05) is 0 Å². The van der Waals surface area contributed by atoms with Crippen LogP contribution in [0.15, 0.2) is 0 Å². The third-order valence-electron chi connectivity index (χ3n) is 3.89. The Bertz CT molecular complexity index is 623. The number of aliphatic carboxylic acids is 1. The highest BCUT2D eigenvalue weighted by Gasteiger charge is 2.29. The largest absolute Gasteiger partial charge is 0.480 e. The van der Waals surface area contributed by atoms with Crippen LogP contribution in [0.3, 0.4) is 0 Å². The second-order valence-electron chi connectivity index (χ2n) is 6.28. The number of thiol groups is 1. The number of carbonyl (C=O) groups is 5. The highest BCUT2D eigenvalue weighted by atomic mass is 32.2. The molecule has 0 saturated heterocycles. The molecule has 4 atom stereocenters. The lowest BCUT2D eigenvalue weighted by Crippen LogP contribution is -2.57. The average molecular weight is 468 g/mol. The molecule has 0 aliphatic carbocycles. The van der Waals surface area contributed by atoms with Gasteiger partial charge in [0, 0.05) is 12.2 Å². The van der Waals surface area contributed by atoms with Gasteiger partial charge in [-0.15, -0.1) is 0 Å². The first-order chi connectivity index (χ1) is 14.1. The maximum Gasteiger partial charge on any atom is 0.327 e. The fourth-order valence-corrected chi connectivity index (χ4v) is 2.87. The maximum absolute atomic E-state index is 12.7. The number of hydrogen-bond donors (Lipinski definition) is 8. The summed E-state index contributed by atoms with van der Waals surface area (Å²) in [7, 11) is 0. The van der Waals surface area contributed by atoms with Gasteiger partial charge in [-0.1, -0.05) is 0 Å². The van der Waals surface area contributed by atoms with Crippen molar-refractivity contribution >= 4 is 54.0 Å². The zero-order valence-corrected chi connectivity index (χ0v) is 18.2. The van der Waals surface area contributed by atoms with Gasteiger partial charge in [0.25, 0.3) is 0 Å².